The van der Waals surface area contributed by atoms with Crippen LogP contribution in [0.15, 0.2) is 53.8 Å². The lowest BCUT2D eigenvalue weighted by molar-refractivity contribution is 0.102. The van der Waals surface area contributed by atoms with Gasteiger partial charge in [-0.05, 0) is 38.1 Å². The van der Waals surface area contributed by atoms with Crippen LogP contribution in [0.4, 0.5) is 5.69 Å². The van der Waals surface area contributed by atoms with Crippen molar-refractivity contribution < 1.29 is 4.79 Å². The van der Waals surface area contributed by atoms with Crippen LogP contribution in [-0.2, 0) is 6.54 Å². The minimum absolute atomic E-state index is 0.0862. The molecule has 25 heavy (non-hydrogen) atoms. The second kappa shape index (κ2) is 6.41. The summed E-state index contributed by atoms with van der Waals surface area (Å²) in [6.07, 6.45) is 2.10. The van der Waals surface area contributed by atoms with Crippen LogP contribution in [0.2, 0.25) is 0 Å². The van der Waals surface area contributed by atoms with Gasteiger partial charge in [-0.3, -0.25) is 4.79 Å². The van der Waals surface area contributed by atoms with Gasteiger partial charge in [-0.1, -0.05) is 41.1 Å². The highest BCUT2D eigenvalue weighted by molar-refractivity contribution is 7.99. The van der Waals surface area contributed by atoms with Gasteiger partial charge >= 0.3 is 0 Å². The summed E-state index contributed by atoms with van der Waals surface area (Å²) in [7, 11) is 0. The topological polar surface area (TPSA) is 46.9 Å². The van der Waals surface area contributed by atoms with Gasteiger partial charge in [-0.15, -0.1) is 0 Å². The van der Waals surface area contributed by atoms with Crippen molar-refractivity contribution in [1.82, 2.24) is 9.55 Å². The van der Waals surface area contributed by atoms with Crippen molar-refractivity contribution in [2.45, 2.75) is 25.5 Å². The summed E-state index contributed by atoms with van der Waals surface area (Å²) < 4.78 is 2.19. The quantitative estimate of drug-likeness (QED) is 0.756. The molecule has 4 nitrogen and oxygen atoms in total. The van der Waals surface area contributed by atoms with Crippen LogP contribution in [0, 0.1) is 13.8 Å². The summed E-state index contributed by atoms with van der Waals surface area (Å²) in [5.41, 5.74) is 5.69. The predicted octanol–water partition coefficient (Wildman–Crippen LogP) is 4.52. The Kier molecular flexibility index (Phi) is 4.09. The van der Waals surface area contributed by atoms with Gasteiger partial charge in [0.05, 0.1) is 5.69 Å². The molecule has 1 aliphatic heterocycles. The van der Waals surface area contributed by atoms with E-state index in [2.05, 4.69) is 27.1 Å². The van der Waals surface area contributed by atoms with Crippen molar-refractivity contribution in [3.05, 3.63) is 65.4 Å². The second-order valence-electron chi connectivity index (χ2n) is 6.36. The fourth-order valence-electron chi connectivity index (χ4n) is 3.08. The SMILES string of the molecule is Cc1cc(C)cc(C(=O)Nc2ccc(-c3cn4c(n3)SCC4)cc2)c1. The normalized spacial score (nSPS) is 12.9. The minimum atomic E-state index is -0.0862. The molecule has 0 saturated heterocycles. The molecule has 5 heteroatoms. The number of anilines is 1. The fourth-order valence-corrected chi connectivity index (χ4v) is 4.03. The standard InChI is InChI=1S/C20H19N3OS/c1-13-9-14(2)11-16(10-13)19(24)21-17-5-3-15(4-6-17)18-12-23-7-8-25-20(23)22-18/h3-6,9-12H,7-8H2,1-2H3,(H,21,24). The molecule has 0 fully saturated rings. The first-order chi connectivity index (χ1) is 12.1. The molecule has 0 atom stereocenters. The Labute approximate surface area is 151 Å². The molecule has 3 aromatic rings. The Balaban J connectivity index is 1.51. The van der Waals surface area contributed by atoms with Crippen molar-refractivity contribution in [3.8, 4) is 11.3 Å². The molecular weight excluding hydrogens is 330 g/mol. The first kappa shape index (κ1) is 16.0. The molecule has 4 rings (SSSR count). The molecule has 2 heterocycles. The lowest BCUT2D eigenvalue weighted by Gasteiger charge is -2.08. The van der Waals surface area contributed by atoms with E-state index in [0.29, 0.717) is 5.56 Å². The molecule has 1 N–H and O–H groups in total. The molecule has 0 aliphatic carbocycles. The number of hydrogen-bond acceptors (Lipinski definition) is 3. The highest BCUT2D eigenvalue weighted by Crippen LogP contribution is 2.29. The maximum Gasteiger partial charge on any atom is 0.255 e. The van der Waals surface area contributed by atoms with E-state index in [0.717, 1.165) is 45.5 Å². The lowest BCUT2D eigenvalue weighted by Crippen LogP contribution is -2.12. The number of imidazole rings is 1. The average molecular weight is 349 g/mol. The van der Waals surface area contributed by atoms with E-state index >= 15 is 0 Å². The van der Waals surface area contributed by atoms with Crippen LogP contribution in [-0.4, -0.2) is 21.2 Å². The first-order valence-electron chi connectivity index (χ1n) is 8.28. The number of fused-ring (bicyclic) bond motifs is 1. The summed E-state index contributed by atoms with van der Waals surface area (Å²) >= 11 is 1.79. The highest BCUT2D eigenvalue weighted by Gasteiger charge is 2.15. The number of hydrogen-bond donors (Lipinski definition) is 1. The summed E-state index contributed by atoms with van der Waals surface area (Å²) in [6, 6.07) is 13.7. The van der Waals surface area contributed by atoms with Crippen LogP contribution in [0.5, 0.6) is 0 Å². The van der Waals surface area contributed by atoms with Crippen molar-refractivity contribution in [2.75, 3.05) is 11.1 Å². The lowest BCUT2D eigenvalue weighted by atomic mass is 10.1. The molecule has 0 unspecified atom stereocenters. The molecular formula is C20H19N3OS. The Morgan fingerprint density at radius 3 is 2.52 bits per heavy atom. The number of benzene rings is 2. The molecule has 0 bridgehead atoms. The van der Waals surface area contributed by atoms with E-state index in [-0.39, 0.29) is 5.91 Å². The van der Waals surface area contributed by atoms with E-state index in [1.165, 1.54) is 0 Å². The van der Waals surface area contributed by atoms with Crippen LogP contribution in [0.3, 0.4) is 0 Å². The van der Waals surface area contributed by atoms with E-state index in [1.54, 1.807) is 11.8 Å². The third kappa shape index (κ3) is 3.33. The number of aryl methyl sites for hydroxylation is 3. The van der Waals surface area contributed by atoms with Crippen molar-refractivity contribution in [3.63, 3.8) is 0 Å². The van der Waals surface area contributed by atoms with E-state index in [9.17, 15) is 4.79 Å². The van der Waals surface area contributed by atoms with Crippen molar-refractivity contribution in [1.29, 1.82) is 0 Å². The minimum Gasteiger partial charge on any atom is -0.325 e. The van der Waals surface area contributed by atoms with Gasteiger partial charge in [0, 0.05) is 35.3 Å². The highest BCUT2D eigenvalue weighted by atomic mass is 32.2. The van der Waals surface area contributed by atoms with Gasteiger partial charge < -0.3 is 9.88 Å². The number of rotatable bonds is 3. The van der Waals surface area contributed by atoms with E-state index < -0.39 is 0 Å². The Morgan fingerprint density at radius 2 is 1.84 bits per heavy atom. The predicted molar refractivity (Wildman–Crippen MR) is 102 cm³/mol. The number of nitrogens with one attached hydrogen (secondary N) is 1. The van der Waals surface area contributed by atoms with Crippen LogP contribution >= 0.6 is 11.8 Å². The molecule has 126 valence electrons. The molecule has 2 aromatic carbocycles. The van der Waals surface area contributed by atoms with Gasteiger partial charge in [0.2, 0.25) is 0 Å². The number of carbonyl (C=O) groups is 1. The van der Waals surface area contributed by atoms with E-state index in [4.69, 9.17) is 0 Å². The van der Waals surface area contributed by atoms with Gasteiger partial charge in [0.15, 0.2) is 5.16 Å². The largest absolute Gasteiger partial charge is 0.325 e. The molecule has 1 amide bonds. The Hall–Kier alpha value is -2.53. The number of amides is 1. The number of carbonyl (C=O) groups excluding carboxylic acids is 1. The van der Waals surface area contributed by atoms with Gasteiger partial charge in [0.25, 0.3) is 5.91 Å². The van der Waals surface area contributed by atoms with Crippen LogP contribution < -0.4 is 5.32 Å². The number of thioether (sulfide) groups is 1. The van der Waals surface area contributed by atoms with Gasteiger partial charge in [-0.2, -0.15) is 0 Å². The zero-order chi connectivity index (χ0) is 17.4. The van der Waals surface area contributed by atoms with Crippen molar-refractivity contribution >= 4 is 23.4 Å². The summed E-state index contributed by atoms with van der Waals surface area (Å²) in [5, 5.41) is 4.05. The second-order valence-corrected chi connectivity index (χ2v) is 7.42. The monoisotopic (exact) mass is 349 g/mol. The smallest absolute Gasteiger partial charge is 0.255 e. The Bertz CT molecular complexity index is 902. The maximum absolute atomic E-state index is 12.4. The molecule has 1 aliphatic rings. The zero-order valence-electron chi connectivity index (χ0n) is 14.2. The fraction of sp³-hybridized carbons (Fsp3) is 0.200. The van der Waals surface area contributed by atoms with Crippen LogP contribution in [0.1, 0.15) is 21.5 Å². The average Bonchev–Trinajstić information content (AvgIpc) is 3.16. The zero-order valence-corrected chi connectivity index (χ0v) is 15.1. The van der Waals surface area contributed by atoms with Gasteiger partial charge in [0.1, 0.15) is 0 Å². The van der Waals surface area contributed by atoms with E-state index in [1.807, 2.05) is 50.2 Å². The Morgan fingerprint density at radius 1 is 1.12 bits per heavy atom. The third-order valence-electron chi connectivity index (χ3n) is 4.23. The number of aromatic nitrogens is 2. The first-order valence-corrected chi connectivity index (χ1v) is 9.27. The van der Waals surface area contributed by atoms with Crippen molar-refractivity contribution in [2.24, 2.45) is 0 Å². The number of nitrogens with zero attached hydrogens (tertiary/aromatic N) is 2. The third-order valence-corrected chi connectivity index (χ3v) is 5.20. The molecule has 0 spiro atoms. The molecule has 1 aromatic heterocycles. The summed E-state index contributed by atoms with van der Waals surface area (Å²) in [4.78, 5) is 17.1. The molecule has 0 saturated carbocycles. The van der Waals surface area contributed by atoms with Gasteiger partial charge in [-0.25, -0.2) is 4.98 Å². The summed E-state index contributed by atoms with van der Waals surface area (Å²) in [6.45, 7) is 5.02. The maximum atomic E-state index is 12.4. The van der Waals surface area contributed by atoms with Crippen LogP contribution in [0.25, 0.3) is 11.3 Å². The summed E-state index contributed by atoms with van der Waals surface area (Å²) in [5.74, 6) is 1.02. The molecule has 0 radical (unpaired) electrons.